The Balaban J connectivity index is 2.17. The first kappa shape index (κ1) is 12.4. The fourth-order valence-electron chi connectivity index (χ4n) is 2.39. The second-order valence-electron chi connectivity index (χ2n) is 4.67. The quantitative estimate of drug-likeness (QED) is 0.876. The highest BCUT2D eigenvalue weighted by atomic mass is 16.5. The predicted molar refractivity (Wildman–Crippen MR) is 82.6 cm³/mol. The molecule has 0 spiro atoms. The van der Waals surface area contributed by atoms with Crippen LogP contribution in [0.25, 0.3) is 17.1 Å². The van der Waals surface area contributed by atoms with Crippen molar-refractivity contribution < 1.29 is 4.74 Å². The van der Waals surface area contributed by atoms with Crippen molar-refractivity contribution in [3.63, 3.8) is 0 Å². The van der Waals surface area contributed by atoms with Crippen molar-refractivity contribution in [2.75, 3.05) is 7.11 Å². The van der Waals surface area contributed by atoms with E-state index in [1.54, 1.807) is 7.11 Å². The van der Waals surface area contributed by atoms with E-state index < -0.39 is 0 Å². The van der Waals surface area contributed by atoms with Crippen LogP contribution in [-0.4, -0.2) is 7.11 Å². The van der Waals surface area contributed by atoms with E-state index in [1.165, 1.54) is 0 Å². The van der Waals surface area contributed by atoms with Crippen LogP contribution < -0.4 is 15.8 Å². The van der Waals surface area contributed by atoms with Crippen molar-refractivity contribution in [3.8, 4) is 5.75 Å². The molecule has 1 aliphatic heterocycles. The fourth-order valence-corrected chi connectivity index (χ4v) is 2.39. The molecule has 0 radical (unpaired) electrons. The predicted octanol–water partition coefficient (Wildman–Crippen LogP) is 3.05. The zero-order valence-electron chi connectivity index (χ0n) is 11.3. The van der Waals surface area contributed by atoms with Gasteiger partial charge in [-0.1, -0.05) is 36.9 Å². The topological polar surface area (TPSA) is 47.3 Å². The monoisotopic (exact) mass is 264 g/mol. The van der Waals surface area contributed by atoms with Crippen LogP contribution in [0.1, 0.15) is 16.7 Å². The van der Waals surface area contributed by atoms with Crippen LogP contribution in [0.4, 0.5) is 0 Å². The molecule has 3 nitrogen and oxygen atoms in total. The van der Waals surface area contributed by atoms with Crippen LogP contribution in [0.15, 0.2) is 55.1 Å². The van der Waals surface area contributed by atoms with Gasteiger partial charge in [0, 0.05) is 22.4 Å². The SMILES string of the molecule is C=C1NC(c2ccccc2)=C(N)c2ccc(OC)cc21. The number of nitrogens with two attached hydrogens (primary N) is 1. The molecule has 0 atom stereocenters. The average Bonchev–Trinajstić information content (AvgIpc) is 2.51. The van der Waals surface area contributed by atoms with Gasteiger partial charge in [-0.15, -0.1) is 0 Å². The van der Waals surface area contributed by atoms with Crippen LogP contribution in [0.3, 0.4) is 0 Å². The lowest BCUT2D eigenvalue weighted by Gasteiger charge is -2.25. The van der Waals surface area contributed by atoms with Crippen molar-refractivity contribution in [1.29, 1.82) is 0 Å². The molecule has 2 aromatic carbocycles. The van der Waals surface area contributed by atoms with Gasteiger partial charge in [-0.2, -0.15) is 0 Å². The van der Waals surface area contributed by atoms with Crippen molar-refractivity contribution in [1.82, 2.24) is 5.32 Å². The molecule has 0 amide bonds. The summed E-state index contributed by atoms with van der Waals surface area (Å²) >= 11 is 0. The Morgan fingerprint density at radius 1 is 1.05 bits per heavy atom. The molecule has 3 rings (SSSR count). The van der Waals surface area contributed by atoms with Gasteiger partial charge in [0.2, 0.25) is 0 Å². The summed E-state index contributed by atoms with van der Waals surface area (Å²) in [6.07, 6.45) is 0. The summed E-state index contributed by atoms with van der Waals surface area (Å²) in [6, 6.07) is 15.8. The van der Waals surface area contributed by atoms with Crippen molar-refractivity contribution in [2.24, 2.45) is 5.73 Å². The van der Waals surface area contributed by atoms with Crippen molar-refractivity contribution >= 4 is 17.1 Å². The van der Waals surface area contributed by atoms with Crippen LogP contribution in [0, 0.1) is 0 Å². The Bertz CT molecular complexity index is 702. The highest BCUT2D eigenvalue weighted by Gasteiger charge is 2.20. The second kappa shape index (κ2) is 4.78. The maximum atomic E-state index is 6.31. The zero-order chi connectivity index (χ0) is 14.1. The molecule has 0 saturated carbocycles. The maximum absolute atomic E-state index is 6.31. The molecule has 3 N–H and O–H groups in total. The lowest BCUT2D eigenvalue weighted by Crippen LogP contribution is -2.21. The van der Waals surface area contributed by atoms with Crippen LogP contribution in [0.2, 0.25) is 0 Å². The molecular weight excluding hydrogens is 248 g/mol. The van der Waals surface area contributed by atoms with Gasteiger partial charge in [-0.3, -0.25) is 0 Å². The number of ether oxygens (including phenoxy) is 1. The van der Waals surface area contributed by atoms with E-state index in [-0.39, 0.29) is 0 Å². The summed E-state index contributed by atoms with van der Waals surface area (Å²) < 4.78 is 5.25. The van der Waals surface area contributed by atoms with E-state index in [4.69, 9.17) is 10.5 Å². The Morgan fingerprint density at radius 2 is 1.80 bits per heavy atom. The number of benzene rings is 2. The summed E-state index contributed by atoms with van der Waals surface area (Å²) in [5, 5.41) is 3.29. The molecule has 0 bridgehead atoms. The number of hydrogen-bond acceptors (Lipinski definition) is 3. The molecule has 100 valence electrons. The molecular formula is C17H16N2O. The van der Waals surface area contributed by atoms with Crippen LogP contribution in [-0.2, 0) is 0 Å². The molecule has 0 unspecified atom stereocenters. The Morgan fingerprint density at radius 3 is 2.50 bits per heavy atom. The largest absolute Gasteiger partial charge is 0.497 e. The summed E-state index contributed by atoms with van der Waals surface area (Å²) in [5.41, 5.74) is 11.8. The minimum absolute atomic E-state index is 0.723. The smallest absolute Gasteiger partial charge is 0.119 e. The maximum Gasteiger partial charge on any atom is 0.119 e. The van der Waals surface area contributed by atoms with E-state index in [0.29, 0.717) is 0 Å². The number of rotatable bonds is 2. The third-order valence-corrected chi connectivity index (χ3v) is 3.45. The molecule has 3 heteroatoms. The molecule has 2 aromatic rings. The third kappa shape index (κ3) is 1.93. The molecule has 0 saturated heterocycles. The first-order chi connectivity index (χ1) is 9.70. The van der Waals surface area contributed by atoms with Gasteiger partial charge in [0.05, 0.1) is 18.5 Å². The van der Waals surface area contributed by atoms with Gasteiger partial charge >= 0.3 is 0 Å². The average molecular weight is 264 g/mol. The van der Waals surface area contributed by atoms with Gasteiger partial charge < -0.3 is 15.8 Å². The lowest BCUT2D eigenvalue weighted by atomic mass is 9.94. The zero-order valence-corrected chi connectivity index (χ0v) is 11.3. The van der Waals surface area contributed by atoms with E-state index in [2.05, 4.69) is 11.9 Å². The molecule has 1 aliphatic rings. The third-order valence-electron chi connectivity index (χ3n) is 3.45. The first-order valence-corrected chi connectivity index (χ1v) is 6.40. The van der Waals surface area contributed by atoms with Gasteiger partial charge in [-0.25, -0.2) is 0 Å². The van der Waals surface area contributed by atoms with E-state index in [0.717, 1.165) is 39.5 Å². The molecule has 0 aromatic heterocycles. The summed E-state index contributed by atoms with van der Waals surface area (Å²) in [7, 11) is 1.65. The highest BCUT2D eigenvalue weighted by molar-refractivity contribution is 5.98. The number of hydrogen-bond donors (Lipinski definition) is 2. The fraction of sp³-hybridized carbons (Fsp3) is 0.0588. The first-order valence-electron chi connectivity index (χ1n) is 6.40. The Labute approximate surface area is 118 Å². The lowest BCUT2D eigenvalue weighted by molar-refractivity contribution is 0.414. The molecule has 0 fully saturated rings. The highest BCUT2D eigenvalue weighted by Crippen LogP contribution is 2.34. The van der Waals surface area contributed by atoms with E-state index in [9.17, 15) is 0 Å². The van der Waals surface area contributed by atoms with Gasteiger partial charge in [0.1, 0.15) is 5.75 Å². The van der Waals surface area contributed by atoms with Gasteiger partial charge in [0.25, 0.3) is 0 Å². The van der Waals surface area contributed by atoms with Crippen molar-refractivity contribution in [2.45, 2.75) is 0 Å². The number of methoxy groups -OCH3 is 1. The molecule has 1 heterocycles. The minimum atomic E-state index is 0.723. The van der Waals surface area contributed by atoms with Gasteiger partial charge in [-0.05, 0) is 18.2 Å². The van der Waals surface area contributed by atoms with Crippen molar-refractivity contribution in [3.05, 3.63) is 71.8 Å². The second-order valence-corrected chi connectivity index (χ2v) is 4.67. The van der Waals surface area contributed by atoms with Gasteiger partial charge in [0.15, 0.2) is 0 Å². The molecule has 20 heavy (non-hydrogen) atoms. The number of nitrogens with one attached hydrogen (secondary N) is 1. The summed E-state index contributed by atoms with van der Waals surface area (Å²) in [6.45, 7) is 4.08. The Kier molecular flexibility index (Phi) is 2.95. The van der Waals surface area contributed by atoms with E-state index >= 15 is 0 Å². The minimum Gasteiger partial charge on any atom is -0.497 e. The normalized spacial score (nSPS) is 13.8. The van der Waals surface area contributed by atoms with Crippen LogP contribution in [0.5, 0.6) is 5.75 Å². The van der Waals surface area contributed by atoms with Crippen LogP contribution >= 0.6 is 0 Å². The Hall–Kier alpha value is -2.68. The van der Waals surface area contributed by atoms with E-state index in [1.807, 2.05) is 48.5 Å². The standard InChI is InChI=1S/C17H16N2O/c1-11-15-10-13(20-2)8-9-14(15)16(18)17(19-11)12-6-4-3-5-7-12/h3-10,19H,1,18H2,2H3. The summed E-state index contributed by atoms with van der Waals surface area (Å²) in [4.78, 5) is 0. The number of fused-ring (bicyclic) bond motifs is 1. The summed E-state index contributed by atoms with van der Waals surface area (Å²) in [5.74, 6) is 0.794. The molecule has 0 aliphatic carbocycles.